The molecule has 0 saturated heterocycles. The molecule has 1 heterocycles. The number of benzene rings is 3. The monoisotopic (exact) mass is 494 g/mol. The third-order valence-electron chi connectivity index (χ3n) is 5.61. The molecule has 176 valence electrons. The number of aryl methyl sites for hydroxylation is 1. The summed E-state index contributed by atoms with van der Waals surface area (Å²) in [5, 5.41) is 2.99. The Morgan fingerprint density at radius 3 is 2.44 bits per heavy atom. The van der Waals surface area contributed by atoms with Crippen molar-refractivity contribution in [1.29, 1.82) is 0 Å². The van der Waals surface area contributed by atoms with Gasteiger partial charge in [-0.3, -0.25) is 4.79 Å². The van der Waals surface area contributed by atoms with Gasteiger partial charge in [0, 0.05) is 5.69 Å². The summed E-state index contributed by atoms with van der Waals surface area (Å²) < 4.78 is 37.7. The van der Waals surface area contributed by atoms with Gasteiger partial charge in [-0.05, 0) is 48.1 Å². The van der Waals surface area contributed by atoms with Gasteiger partial charge in [0.2, 0.25) is 15.9 Å². The van der Waals surface area contributed by atoms with Crippen LogP contribution >= 0.6 is 11.7 Å². The lowest BCUT2D eigenvalue weighted by atomic mass is 9.97. The zero-order valence-corrected chi connectivity index (χ0v) is 20.8. The first-order valence-corrected chi connectivity index (χ1v) is 13.2. The second kappa shape index (κ2) is 10.0. The molecule has 1 amide bonds. The van der Waals surface area contributed by atoms with E-state index >= 15 is 0 Å². The van der Waals surface area contributed by atoms with E-state index in [9.17, 15) is 13.2 Å². The molecule has 0 radical (unpaired) electrons. The number of hydrogen-bond donors (Lipinski definition) is 2. The lowest BCUT2D eigenvalue weighted by Crippen LogP contribution is -2.45. The number of sulfonamides is 1. The third-order valence-corrected chi connectivity index (χ3v) is 7.66. The van der Waals surface area contributed by atoms with Gasteiger partial charge < -0.3 is 5.32 Å². The number of aromatic nitrogens is 2. The van der Waals surface area contributed by atoms with Crippen LogP contribution in [0, 0.1) is 6.92 Å². The number of nitrogens with zero attached hydrogens (tertiary/aromatic N) is 2. The number of rotatable bonds is 8. The fourth-order valence-corrected chi connectivity index (χ4v) is 5.80. The summed E-state index contributed by atoms with van der Waals surface area (Å²) in [6, 6.07) is 18.9. The highest BCUT2D eigenvalue weighted by Crippen LogP contribution is 2.28. The number of hydrogen-bond acceptors (Lipinski definition) is 6. The maximum Gasteiger partial charge on any atom is 0.243 e. The third kappa shape index (κ3) is 5.16. The van der Waals surface area contributed by atoms with Crippen LogP contribution in [0.1, 0.15) is 36.5 Å². The first-order valence-electron chi connectivity index (χ1n) is 10.9. The van der Waals surface area contributed by atoms with E-state index in [0.29, 0.717) is 16.7 Å². The molecule has 4 rings (SSSR count). The molecule has 0 aliphatic carbocycles. The molecule has 2 N–H and O–H groups in total. The largest absolute Gasteiger partial charge is 0.324 e. The van der Waals surface area contributed by atoms with Crippen LogP contribution in [0.4, 0.5) is 5.69 Å². The minimum Gasteiger partial charge on any atom is -0.324 e. The minimum atomic E-state index is -4.06. The van der Waals surface area contributed by atoms with Crippen LogP contribution in [0.5, 0.6) is 0 Å². The Bertz CT molecular complexity index is 1420. The van der Waals surface area contributed by atoms with Crippen molar-refractivity contribution < 1.29 is 13.2 Å². The number of fused-ring (bicyclic) bond motifs is 1. The van der Waals surface area contributed by atoms with E-state index in [2.05, 4.69) is 32.6 Å². The molecule has 7 nitrogen and oxygen atoms in total. The van der Waals surface area contributed by atoms with Gasteiger partial charge in [0.15, 0.2) is 0 Å². The quantitative estimate of drug-likeness (QED) is 0.371. The highest BCUT2D eigenvalue weighted by Gasteiger charge is 2.29. The SMILES string of the molecule is Cc1cccc(C(C)C)c1NC(=O)[C@@H](Cc1ccccc1)NS(=O)(=O)c1cccc2nsnc12. The predicted molar refractivity (Wildman–Crippen MR) is 136 cm³/mol. The number of nitrogens with one attached hydrogen (secondary N) is 2. The Hall–Kier alpha value is -3.14. The van der Waals surface area contributed by atoms with Crippen molar-refractivity contribution in [2.45, 2.75) is 44.0 Å². The number of carbonyl (C=O) groups excluding carboxylic acids is 1. The van der Waals surface area contributed by atoms with Crippen molar-refractivity contribution in [1.82, 2.24) is 13.5 Å². The van der Waals surface area contributed by atoms with E-state index in [1.807, 2.05) is 55.5 Å². The van der Waals surface area contributed by atoms with Crippen molar-refractivity contribution >= 4 is 44.4 Å². The van der Waals surface area contributed by atoms with E-state index in [1.54, 1.807) is 12.1 Å². The summed E-state index contributed by atoms with van der Waals surface area (Å²) in [4.78, 5) is 13.5. The summed E-state index contributed by atoms with van der Waals surface area (Å²) >= 11 is 0.947. The number of amides is 1. The average Bonchev–Trinajstić information content (AvgIpc) is 3.29. The van der Waals surface area contributed by atoms with Gasteiger partial charge >= 0.3 is 0 Å². The van der Waals surface area contributed by atoms with Crippen LogP contribution in [0.3, 0.4) is 0 Å². The molecule has 0 spiro atoms. The van der Waals surface area contributed by atoms with Crippen molar-refractivity contribution in [2.24, 2.45) is 0 Å². The van der Waals surface area contributed by atoms with Crippen molar-refractivity contribution in [3.8, 4) is 0 Å². The summed E-state index contributed by atoms with van der Waals surface area (Å²) in [5.41, 5.74) is 4.25. The number of anilines is 1. The van der Waals surface area contributed by atoms with Crippen molar-refractivity contribution in [3.05, 3.63) is 83.4 Å². The number of carbonyl (C=O) groups is 1. The molecule has 1 atom stereocenters. The Kier molecular flexibility index (Phi) is 7.06. The summed E-state index contributed by atoms with van der Waals surface area (Å²) in [6.45, 7) is 6.03. The molecule has 0 saturated carbocycles. The molecule has 1 aromatic heterocycles. The Morgan fingerprint density at radius 1 is 0.971 bits per heavy atom. The molecule has 9 heteroatoms. The molecule has 0 bridgehead atoms. The summed E-state index contributed by atoms with van der Waals surface area (Å²) in [6.07, 6.45) is 0.195. The Labute approximate surface area is 203 Å². The van der Waals surface area contributed by atoms with Crippen LogP contribution in [-0.2, 0) is 21.2 Å². The van der Waals surface area contributed by atoms with Crippen LogP contribution < -0.4 is 10.0 Å². The lowest BCUT2D eigenvalue weighted by molar-refractivity contribution is -0.117. The van der Waals surface area contributed by atoms with E-state index in [4.69, 9.17) is 0 Å². The first kappa shape index (κ1) is 24.0. The van der Waals surface area contributed by atoms with Crippen LogP contribution in [0.2, 0.25) is 0 Å². The Morgan fingerprint density at radius 2 is 1.71 bits per heavy atom. The number of para-hydroxylation sites is 1. The maximum atomic E-state index is 13.5. The van der Waals surface area contributed by atoms with Gasteiger partial charge in [0.05, 0.1) is 11.7 Å². The normalized spacial score (nSPS) is 12.7. The van der Waals surface area contributed by atoms with E-state index in [1.165, 1.54) is 6.07 Å². The van der Waals surface area contributed by atoms with Gasteiger partial charge in [-0.1, -0.05) is 68.4 Å². The molecule has 0 fully saturated rings. The molecular formula is C25H26N4O3S2. The van der Waals surface area contributed by atoms with E-state index in [-0.39, 0.29) is 17.2 Å². The average molecular weight is 495 g/mol. The van der Waals surface area contributed by atoms with E-state index < -0.39 is 22.0 Å². The zero-order valence-electron chi connectivity index (χ0n) is 19.1. The minimum absolute atomic E-state index is 0.00312. The molecule has 3 aromatic carbocycles. The highest BCUT2D eigenvalue weighted by atomic mass is 32.2. The van der Waals surface area contributed by atoms with Crippen LogP contribution in [-0.4, -0.2) is 29.1 Å². The van der Waals surface area contributed by atoms with Crippen molar-refractivity contribution in [3.63, 3.8) is 0 Å². The molecule has 0 unspecified atom stereocenters. The summed E-state index contributed by atoms with van der Waals surface area (Å²) in [7, 11) is -4.06. The Balaban J connectivity index is 1.69. The topological polar surface area (TPSA) is 101 Å². The maximum absolute atomic E-state index is 13.5. The van der Waals surface area contributed by atoms with Gasteiger partial charge in [-0.25, -0.2) is 8.42 Å². The fourth-order valence-electron chi connectivity index (χ4n) is 3.84. The fraction of sp³-hybridized carbons (Fsp3) is 0.240. The highest BCUT2D eigenvalue weighted by molar-refractivity contribution is 7.89. The van der Waals surface area contributed by atoms with Crippen molar-refractivity contribution in [2.75, 3.05) is 5.32 Å². The second-order valence-electron chi connectivity index (χ2n) is 8.43. The van der Waals surface area contributed by atoms with Gasteiger partial charge in [-0.15, -0.1) is 0 Å². The second-order valence-corrected chi connectivity index (χ2v) is 10.6. The smallest absolute Gasteiger partial charge is 0.243 e. The standard InChI is InChI=1S/C25H26N4O3S2/c1-16(2)19-12-7-9-17(3)23(19)26-25(30)21(15-18-10-5-4-6-11-18)29-34(31,32)22-14-8-13-20-24(22)28-33-27-20/h4-14,16,21,29H,15H2,1-3H3,(H,26,30)/t21-/m1/s1. The van der Waals surface area contributed by atoms with Gasteiger partial charge in [-0.2, -0.15) is 13.5 Å². The molecule has 34 heavy (non-hydrogen) atoms. The zero-order chi connectivity index (χ0) is 24.3. The molecular weight excluding hydrogens is 468 g/mol. The van der Waals surface area contributed by atoms with Crippen LogP contribution in [0.25, 0.3) is 11.0 Å². The van der Waals surface area contributed by atoms with E-state index in [0.717, 1.165) is 28.4 Å². The van der Waals surface area contributed by atoms with Crippen LogP contribution in [0.15, 0.2) is 71.6 Å². The lowest BCUT2D eigenvalue weighted by Gasteiger charge is -2.22. The first-order chi connectivity index (χ1) is 16.3. The predicted octanol–water partition coefficient (Wildman–Crippen LogP) is 4.65. The van der Waals surface area contributed by atoms with Gasteiger partial charge in [0.25, 0.3) is 0 Å². The van der Waals surface area contributed by atoms with Gasteiger partial charge in [0.1, 0.15) is 22.0 Å². The molecule has 0 aliphatic heterocycles. The molecule has 0 aliphatic rings. The molecule has 4 aromatic rings. The summed E-state index contributed by atoms with van der Waals surface area (Å²) in [5.74, 6) is -0.235.